The van der Waals surface area contributed by atoms with E-state index in [0.29, 0.717) is 13.0 Å². The highest BCUT2D eigenvalue weighted by molar-refractivity contribution is 5.76. The molecule has 1 atom stereocenters. The molecule has 0 aromatic carbocycles. The molecule has 1 aliphatic carbocycles. The van der Waals surface area contributed by atoms with Gasteiger partial charge < -0.3 is 20.2 Å². The zero-order valence-corrected chi connectivity index (χ0v) is 15.4. The van der Waals surface area contributed by atoms with Gasteiger partial charge in [-0.2, -0.15) is 5.10 Å². The lowest BCUT2D eigenvalue weighted by atomic mass is 9.63. The second-order valence-corrected chi connectivity index (χ2v) is 7.64. The standard InChI is InChI=1S/C18H31N5O2/c1-21-8-10-23(11-9-21)16(25)4-7-19-17(15-12-20-22(2)13-15)18(14-24)5-3-6-18/h12-13,17,19,24H,3-11,14H2,1-2H3/t17-/m0/s1. The predicted octanol–water partition coefficient (Wildman–Crippen LogP) is 0.378. The Morgan fingerprint density at radius 2 is 2.04 bits per heavy atom. The first-order valence-electron chi connectivity index (χ1n) is 9.33. The third-order valence-electron chi connectivity index (χ3n) is 5.88. The molecule has 140 valence electrons. The van der Waals surface area contributed by atoms with E-state index in [1.165, 1.54) is 0 Å². The van der Waals surface area contributed by atoms with Gasteiger partial charge in [-0.1, -0.05) is 6.42 Å². The van der Waals surface area contributed by atoms with Crippen LogP contribution < -0.4 is 5.32 Å². The van der Waals surface area contributed by atoms with E-state index in [1.54, 1.807) is 4.68 Å². The quantitative estimate of drug-likeness (QED) is 0.744. The molecule has 1 saturated heterocycles. The number of carbonyl (C=O) groups is 1. The first-order valence-corrected chi connectivity index (χ1v) is 9.33. The molecular weight excluding hydrogens is 318 g/mol. The number of aryl methyl sites for hydroxylation is 1. The number of carbonyl (C=O) groups excluding carboxylic acids is 1. The van der Waals surface area contributed by atoms with Crippen LogP contribution in [-0.2, 0) is 11.8 Å². The summed E-state index contributed by atoms with van der Waals surface area (Å²) in [5, 5.41) is 17.8. The average molecular weight is 349 g/mol. The number of piperazine rings is 1. The van der Waals surface area contributed by atoms with Gasteiger partial charge >= 0.3 is 0 Å². The fourth-order valence-electron chi connectivity index (χ4n) is 3.98. The highest BCUT2D eigenvalue weighted by Gasteiger charge is 2.44. The van der Waals surface area contributed by atoms with Crippen LogP contribution >= 0.6 is 0 Å². The van der Waals surface area contributed by atoms with Gasteiger partial charge in [-0.15, -0.1) is 0 Å². The number of hydrogen-bond donors (Lipinski definition) is 2. The van der Waals surface area contributed by atoms with Crippen molar-refractivity contribution >= 4 is 5.91 Å². The Kier molecular flexibility index (Phi) is 5.76. The second kappa shape index (κ2) is 7.85. The number of likely N-dealkylation sites (N-methyl/N-ethyl adjacent to an activating group) is 1. The maximum atomic E-state index is 12.4. The van der Waals surface area contributed by atoms with Crippen molar-refractivity contribution in [3.63, 3.8) is 0 Å². The first-order chi connectivity index (χ1) is 12.0. The van der Waals surface area contributed by atoms with Crippen LogP contribution in [0.5, 0.6) is 0 Å². The van der Waals surface area contributed by atoms with Crippen LogP contribution in [0.1, 0.15) is 37.3 Å². The van der Waals surface area contributed by atoms with E-state index < -0.39 is 0 Å². The van der Waals surface area contributed by atoms with Gasteiger partial charge in [0.2, 0.25) is 5.91 Å². The van der Waals surface area contributed by atoms with Crippen LogP contribution in [0.2, 0.25) is 0 Å². The summed E-state index contributed by atoms with van der Waals surface area (Å²) < 4.78 is 1.79. The van der Waals surface area contributed by atoms with E-state index in [4.69, 9.17) is 0 Å². The molecule has 2 fully saturated rings. The van der Waals surface area contributed by atoms with Crippen LogP contribution in [-0.4, -0.2) is 77.0 Å². The molecule has 25 heavy (non-hydrogen) atoms. The largest absolute Gasteiger partial charge is 0.396 e. The van der Waals surface area contributed by atoms with Crippen molar-refractivity contribution in [2.24, 2.45) is 12.5 Å². The number of rotatable bonds is 7. The summed E-state index contributed by atoms with van der Waals surface area (Å²) in [6.07, 6.45) is 7.57. The maximum Gasteiger partial charge on any atom is 0.223 e. The molecule has 1 saturated carbocycles. The number of aliphatic hydroxyl groups is 1. The Morgan fingerprint density at radius 1 is 1.32 bits per heavy atom. The Balaban J connectivity index is 1.57. The van der Waals surface area contributed by atoms with E-state index in [0.717, 1.165) is 51.0 Å². The van der Waals surface area contributed by atoms with Gasteiger partial charge in [0.05, 0.1) is 12.8 Å². The Bertz CT molecular complexity index is 570. The van der Waals surface area contributed by atoms with Crippen LogP contribution in [0.25, 0.3) is 0 Å². The minimum atomic E-state index is -0.111. The van der Waals surface area contributed by atoms with Crippen molar-refractivity contribution in [2.75, 3.05) is 46.4 Å². The van der Waals surface area contributed by atoms with Crippen LogP contribution in [0.15, 0.2) is 12.4 Å². The highest BCUT2D eigenvalue weighted by Crippen LogP contribution is 2.49. The molecule has 0 radical (unpaired) electrons. The van der Waals surface area contributed by atoms with Crippen molar-refractivity contribution in [2.45, 2.75) is 31.7 Å². The number of aromatic nitrogens is 2. The molecule has 0 bridgehead atoms. The Hall–Kier alpha value is -1.44. The minimum absolute atomic E-state index is 0.0558. The second-order valence-electron chi connectivity index (χ2n) is 7.64. The highest BCUT2D eigenvalue weighted by atomic mass is 16.3. The summed E-state index contributed by atoms with van der Waals surface area (Å²) >= 11 is 0. The number of aliphatic hydroxyl groups excluding tert-OH is 1. The van der Waals surface area contributed by atoms with E-state index in [2.05, 4.69) is 22.4 Å². The summed E-state index contributed by atoms with van der Waals surface area (Å²) in [7, 11) is 4.00. The van der Waals surface area contributed by atoms with E-state index in [-0.39, 0.29) is 24.0 Å². The summed E-state index contributed by atoms with van der Waals surface area (Å²) in [6.45, 7) is 4.35. The van der Waals surface area contributed by atoms with Gasteiger partial charge in [0, 0.05) is 69.4 Å². The normalized spacial score (nSPS) is 21.8. The fraction of sp³-hybridized carbons (Fsp3) is 0.778. The van der Waals surface area contributed by atoms with Crippen molar-refractivity contribution in [1.29, 1.82) is 0 Å². The molecule has 3 rings (SSSR count). The molecular formula is C18H31N5O2. The van der Waals surface area contributed by atoms with Crippen molar-refractivity contribution in [3.05, 3.63) is 18.0 Å². The Morgan fingerprint density at radius 3 is 2.56 bits per heavy atom. The molecule has 0 unspecified atom stereocenters. The summed E-state index contributed by atoms with van der Waals surface area (Å²) in [4.78, 5) is 16.6. The first kappa shape index (κ1) is 18.4. The fourth-order valence-corrected chi connectivity index (χ4v) is 3.98. The molecule has 7 nitrogen and oxygen atoms in total. The minimum Gasteiger partial charge on any atom is -0.396 e. The van der Waals surface area contributed by atoms with Gasteiger partial charge in [-0.3, -0.25) is 9.48 Å². The zero-order valence-electron chi connectivity index (χ0n) is 15.4. The van der Waals surface area contributed by atoms with Crippen molar-refractivity contribution < 1.29 is 9.90 Å². The number of nitrogens with zero attached hydrogens (tertiary/aromatic N) is 4. The van der Waals surface area contributed by atoms with Crippen molar-refractivity contribution in [1.82, 2.24) is 24.9 Å². The lowest BCUT2D eigenvalue weighted by molar-refractivity contribution is -0.132. The SMILES string of the molecule is CN1CCN(C(=O)CCN[C@@H](c2cnn(C)c2)C2(CO)CCC2)CC1. The van der Waals surface area contributed by atoms with Crippen LogP contribution in [0.3, 0.4) is 0 Å². The third kappa shape index (κ3) is 4.04. The molecule has 7 heteroatoms. The third-order valence-corrected chi connectivity index (χ3v) is 5.88. The van der Waals surface area contributed by atoms with Crippen LogP contribution in [0.4, 0.5) is 0 Å². The topological polar surface area (TPSA) is 73.6 Å². The summed E-state index contributed by atoms with van der Waals surface area (Å²) in [5.41, 5.74) is 0.989. The smallest absolute Gasteiger partial charge is 0.223 e. The van der Waals surface area contributed by atoms with Gasteiger partial charge in [-0.25, -0.2) is 0 Å². The summed E-state index contributed by atoms with van der Waals surface area (Å²) in [6, 6.07) is 0.0558. The van der Waals surface area contributed by atoms with E-state index in [9.17, 15) is 9.90 Å². The molecule has 1 aromatic rings. The molecule has 1 aromatic heterocycles. The van der Waals surface area contributed by atoms with Crippen LogP contribution in [0, 0.1) is 5.41 Å². The van der Waals surface area contributed by atoms with Gasteiger partial charge in [-0.05, 0) is 19.9 Å². The number of amides is 1. The maximum absolute atomic E-state index is 12.4. The number of nitrogens with one attached hydrogen (secondary N) is 1. The van der Waals surface area contributed by atoms with Gasteiger partial charge in [0.25, 0.3) is 0 Å². The van der Waals surface area contributed by atoms with Gasteiger partial charge in [0.15, 0.2) is 0 Å². The number of hydrogen-bond acceptors (Lipinski definition) is 5. The Labute approximate surface area is 150 Å². The predicted molar refractivity (Wildman–Crippen MR) is 96.0 cm³/mol. The molecule has 1 aliphatic heterocycles. The van der Waals surface area contributed by atoms with E-state index in [1.807, 2.05) is 24.3 Å². The average Bonchev–Trinajstić information content (AvgIpc) is 2.99. The molecule has 2 heterocycles. The lowest BCUT2D eigenvalue weighted by Crippen LogP contribution is -2.49. The molecule has 1 amide bonds. The summed E-state index contributed by atoms with van der Waals surface area (Å²) in [5.74, 6) is 0.220. The molecule has 0 spiro atoms. The van der Waals surface area contributed by atoms with Gasteiger partial charge in [0.1, 0.15) is 0 Å². The lowest BCUT2D eigenvalue weighted by Gasteiger charge is -2.46. The zero-order chi connectivity index (χ0) is 17.9. The molecule has 2 N–H and O–H groups in total. The monoisotopic (exact) mass is 349 g/mol. The van der Waals surface area contributed by atoms with E-state index >= 15 is 0 Å². The van der Waals surface area contributed by atoms with Crippen molar-refractivity contribution in [3.8, 4) is 0 Å². The molecule has 2 aliphatic rings.